The second-order valence-electron chi connectivity index (χ2n) is 6.83. The maximum atomic E-state index is 11.8. The van der Waals surface area contributed by atoms with Crippen LogP contribution in [0.4, 0.5) is 4.79 Å². The Bertz CT molecular complexity index is 611. The first kappa shape index (κ1) is 21.0. The molecule has 1 saturated heterocycles. The van der Waals surface area contributed by atoms with Crippen LogP contribution < -0.4 is 15.4 Å². The quantitative estimate of drug-likeness (QED) is 0.510. The van der Waals surface area contributed by atoms with Gasteiger partial charge in [0.15, 0.2) is 0 Å². The molecule has 2 amide bonds. The number of hydrogen-bond acceptors (Lipinski definition) is 5. The first-order valence-corrected chi connectivity index (χ1v) is 9.57. The van der Waals surface area contributed by atoms with Gasteiger partial charge in [0.2, 0.25) is 5.91 Å². The minimum Gasteiger partial charge on any atom is -0.490 e. The number of nitrogens with one attached hydrogen (secondary N) is 2. The van der Waals surface area contributed by atoms with E-state index >= 15 is 0 Å². The average Bonchev–Trinajstić information content (AvgIpc) is 3.08. The molecule has 0 radical (unpaired) electrons. The third-order valence-electron chi connectivity index (χ3n) is 4.69. The van der Waals surface area contributed by atoms with Gasteiger partial charge in [0.1, 0.15) is 12.4 Å². The second kappa shape index (κ2) is 11.4. The first-order chi connectivity index (χ1) is 13.1. The van der Waals surface area contributed by atoms with E-state index in [4.69, 9.17) is 9.84 Å². The average molecular weight is 378 g/mol. The summed E-state index contributed by atoms with van der Waals surface area (Å²) in [7, 11) is 2.13. The highest BCUT2D eigenvalue weighted by molar-refractivity contribution is 5.75. The molecular formula is C19H30N4O4. The van der Waals surface area contributed by atoms with Crippen LogP contribution in [0, 0.1) is 0 Å². The summed E-state index contributed by atoms with van der Waals surface area (Å²) in [6, 6.07) is 2.44. The summed E-state index contributed by atoms with van der Waals surface area (Å²) in [5.74, 6) is 0.720. The van der Waals surface area contributed by atoms with Crippen molar-refractivity contribution in [3.63, 3.8) is 0 Å². The lowest BCUT2D eigenvalue weighted by Gasteiger charge is -2.19. The summed E-state index contributed by atoms with van der Waals surface area (Å²) < 4.78 is 5.71. The van der Waals surface area contributed by atoms with Crippen LogP contribution in [-0.2, 0) is 4.79 Å². The summed E-state index contributed by atoms with van der Waals surface area (Å²) >= 11 is 0. The van der Waals surface area contributed by atoms with Crippen LogP contribution in [0.15, 0.2) is 18.5 Å². The Hall–Kier alpha value is -2.35. The molecule has 0 aromatic carbocycles. The molecule has 8 heteroatoms. The fourth-order valence-corrected chi connectivity index (χ4v) is 3.26. The number of aromatic nitrogens is 1. The number of rotatable bonds is 11. The zero-order chi connectivity index (χ0) is 19.5. The molecule has 0 bridgehead atoms. The van der Waals surface area contributed by atoms with Gasteiger partial charge in [-0.05, 0) is 50.9 Å². The number of hydrogen-bond donors (Lipinski definition) is 3. The van der Waals surface area contributed by atoms with Crippen LogP contribution >= 0.6 is 0 Å². The topological polar surface area (TPSA) is 104 Å². The normalized spacial score (nSPS) is 16.9. The summed E-state index contributed by atoms with van der Waals surface area (Å²) in [5, 5.41) is 13.6. The zero-order valence-electron chi connectivity index (χ0n) is 15.9. The van der Waals surface area contributed by atoms with Gasteiger partial charge in [-0.15, -0.1) is 0 Å². The van der Waals surface area contributed by atoms with Gasteiger partial charge in [0, 0.05) is 25.2 Å². The SMILES string of the molecule is CN1CCC[C@H]1c1cncc(OCCNC(=O)CCCCCNC(=O)O)c1. The van der Waals surface area contributed by atoms with Crippen LogP contribution in [0.25, 0.3) is 0 Å². The minimum absolute atomic E-state index is 0.00995. The van der Waals surface area contributed by atoms with E-state index in [1.54, 1.807) is 6.20 Å². The zero-order valence-corrected chi connectivity index (χ0v) is 15.9. The highest BCUT2D eigenvalue weighted by Crippen LogP contribution is 2.31. The van der Waals surface area contributed by atoms with Crippen LogP contribution in [-0.4, -0.2) is 60.3 Å². The Kier molecular flexibility index (Phi) is 8.83. The smallest absolute Gasteiger partial charge is 0.404 e. The van der Waals surface area contributed by atoms with Crippen LogP contribution in [0.3, 0.4) is 0 Å². The molecule has 1 aromatic heterocycles. The molecule has 0 aliphatic carbocycles. The maximum absolute atomic E-state index is 11.8. The molecule has 1 fully saturated rings. The van der Waals surface area contributed by atoms with Gasteiger partial charge >= 0.3 is 6.09 Å². The highest BCUT2D eigenvalue weighted by Gasteiger charge is 2.23. The van der Waals surface area contributed by atoms with Crippen LogP contribution in [0.1, 0.15) is 50.1 Å². The molecule has 0 unspecified atom stereocenters. The standard InChI is InChI=1S/C19H30N4O4/c1-23-10-5-6-17(23)15-12-16(14-20-13-15)27-11-9-21-18(24)7-3-2-4-8-22-19(25)26/h12-14,17,22H,2-11H2,1H3,(H,21,24)(H,25,26)/t17-/m0/s1. The fourth-order valence-electron chi connectivity index (χ4n) is 3.26. The van der Waals surface area contributed by atoms with Crippen LogP contribution in [0.2, 0.25) is 0 Å². The number of pyridine rings is 1. The molecule has 2 heterocycles. The van der Waals surface area contributed by atoms with Crippen molar-refractivity contribution in [1.82, 2.24) is 20.5 Å². The van der Waals surface area contributed by atoms with Crippen molar-refractivity contribution in [1.29, 1.82) is 0 Å². The number of nitrogens with zero attached hydrogens (tertiary/aromatic N) is 2. The lowest BCUT2D eigenvalue weighted by Crippen LogP contribution is -2.28. The van der Waals surface area contributed by atoms with Crippen molar-refractivity contribution in [2.24, 2.45) is 0 Å². The Morgan fingerprint density at radius 3 is 2.85 bits per heavy atom. The molecule has 0 spiro atoms. The van der Waals surface area contributed by atoms with Crippen LogP contribution in [0.5, 0.6) is 5.75 Å². The molecule has 1 atom stereocenters. The number of carboxylic acid groups (broad SMARTS) is 1. The van der Waals surface area contributed by atoms with Gasteiger partial charge in [-0.25, -0.2) is 4.79 Å². The summed E-state index contributed by atoms with van der Waals surface area (Å²) in [5.41, 5.74) is 1.17. The van der Waals surface area contributed by atoms with Gasteiger partial charge in [0.25, 0.3) is 0 Å². The number of ether oxygens (including phenoxy) is 1. The lowest BCUT2D eigenvalue weighted by atomic mass is 10.1. The third-order valence-corrected chi connectivity index (χ3v) is 4.69. The van der Waals surface area contributed by atoms with Gasteiger partial charge in [-0.2, -0.15) is 0 Å². The molecule has 0 saturated carbocycles. The number of likely N-dealkylation sites (tertiary alicyclic amines) is 1. The molecule has 8 nitrogen and oxygen atoms in total. The van der Waals surface area contributed by atoms with Crippen molar-refractivity contribution in [3.05, 3.63) is 24.0 Å². The van der Waals surface area contributed by atoms with E-state index in [2.05, 4.69) is 27.6 Å². The molecule has 150 valence electrons. The third kappa shape index (κ3) is 7.82. The van der Waals surface area contributed by atoms with E-state index in [-0.39, 0.29) is 5.91 Å². The Balaban J connectivity index is 1.57. The summed E-state index contributed by atoms with van der Waals surface area (Å²) in [6.45, 7) is 2.39. The van der Waals surface area contributed by atoms with Crippen molar-refractivity contribution >= 4 is 12.0 Å². The van der Waals surface area contributed by atoms with Gasteiger partial charge in [-0.3, -0.25) is 14.7 Å². The number of amides is 2. The van der Waals surface area contributed by atoms with Crippen molar-refractivity contribution in [2.75, 3.05) is 33.3 Å². The lowest BCUT2D eigenvalue weighted by molar-refractivity contribution is -0.121. The fraction of sp³-hybridized carbons (Fsp3) is 0.632. The van der Waals surface area contributed by atoms with E-state index in [1.165, 1.54) is 12.0 Å². The molecule has 2 rings (SSSR count). The van der Waals surface area contributed by atoms with Crippen molar-refractivity contribution < 1.29 is 19.4 Å². The summed E-state index contributed by atoms with van der Waals surface area (Å²) in [4.78, 5) is 28.7. The van der Waals surface area contributed by atoms with Gasteiger partial charge < -0.3 is 20.5 Å². The van der Waals surface area contributed by atoms with E-state index < -0.39 is 6.09 Å². The minimum atomic E-state index is -1.01. The predicted octanol–water partition coefficient (Wildman–Crippen LogP) is 2.17. The molecule has 1 aliphatic rings. The van der Waals surface area contributed by atoms with E-state index in [0.29, 0.717) is 32.2 Å². The maximum Gasteiger partial charge on any atom is 0.404 e. The molecule has 1 aromatic rings. The Morgan fingerprint density at radius 2 is 2.11 bits per heavy atom. The van der Waals surface area contributed by atoms with E-state index in [0.717, 1.165) is 38.0 Å². The highest BCUT2D eigenvalue weighted by atomic mass is 16.5. The van der Waals surface area contributed by atoms with Crippen molar-refractivity contribution in [2.45, 2.75) is 44.6 Å². The molecule has 1 aliphatic heterocycles. The first-order valence-electron chi connectivity index (χ1n) is 9.57. The molecular weight excluding hydrogens is 348 g/mol. The monoisotopic (exact) mass is 378 g/mol. The Labute approximate surface area is 160 Å². The van der Waals surface area contributed by atoms with E-state index in [9.17, 15) is 9.59 Å². The van der Waals surface area contributed by atoms with Crippen molar-refractivity contribution in [3.8, 4) is 5.75 Å². The van der Waals surface area contributed by atoms with Gasteiger partial charge in [0.05, 0.1) is 12.7 Å². The van der Waals surface area contributed by atoms with Gasteiger partial charge in [-0.1, -0.05) is 6.42 Å². The predicted molar refractivity (Wildman–Crippen MR) is 102 cm³/mol. The summed E-state index contributed by atoms with van der Waals surface area (Å²) in [6.07, 6.45) is 7.67. The number of unbranched alkanes of at least 4 members (excludes halogenated alkanes) is 2. The number of carbonyl (C=O) groups excluding carboxylic acids is 1. The Morgan fingerprint density at radius 1 is 1.26 bits per heavy atom. The van der Waals surface area contributed by atoms with E-state index in [1.807, 2.05) is 12.3 Å². The molecule has 3 N–H and O–H groups in total. The second-order valence-corrected chi connectivity index (χ2v) is 6.83. The number of carbonyl (C=O) groups is 2. The largest absolute Gasteiger partial charge is 0.490 e. The molecule has 27 heavy (non-hydrogen) atoms.